The average Bonchev–Trinajstić information content (AvgIpc) is 3.30. The van der Waals surface area contributed by atoms with Gasteiger partial charge >= 0.3 is 0 Å². The van der Waals surface area contributed by atoms with Crippen molar-refractivity contribution in [3.63, 3.8) is 0 Å². The van der Waals surface area contributed by atoms with Crippen molar-refractivity contribution < 1.29 is 0 Å². The van der Waals surface area contributed by atoms with E-state index >= 15 is 0 Å². The van der Waals surface area contributed by atoms with Crippen molar-refractivity contribution in [1.82, 2.24) is 19.3 Å². The monoisotopic (exact) mass is 300 g/mol. The van der Waals surface area contributed by atoms with Crippen LogP contribution in [0.4, 0.5) is 0 Å². The van der Waals surface area contributed by atoms with Crippen molar-refractivity contribution in [1.29, 1.82) is 0 Å². The summed E-state index contributed by atoms with van der Waals surface area (Å²) in [6.07, 6.45) is 9.63. The minimum absolute atomic E-state index is 0.0659. The van der Waals surface area contributed by atoms with Crippen LogP contribution in [0.15, 0.2) is 91.8 Å². The van der Waals surface area contributed by atoms with Gasteiger partial charge in [0, 0.05) is 24.2 Å². The van der Waals surface area contributed by atoms with Crippen LogP contribution in [-0.4, -0.2) is 19.3 Å². The minimum Gasteiger partial charge on any atom is -0.326 e. The van der Waals surface area contributed by atoms with Crippen LogP contribution >= 0.6 is 0 Å². The number of nitrogens with zero attached hydrogens (tertiary/aromatic N) is 4. The van der Waals surface area contributed by atoms with Crippen LogP contribution < -0.4 is 0 Å². The minimum atomic E-state index is 0.0659. The molecule has 0 fully saturated rings. The lowest BCUT2D eigenvalue weighted by atomic mass is 10.0. The molecule has 2 aromatic carbocycles. The summed E-state index contributed by atoms with van der Waals surface area (Å²) in [6, 6.07) is 20.6. The van der Waals surface area contributed by atoms with Crippen LogP contribution in [0.2, 0.25) is 0 Å². The maximum atomic E-state index is 4.53. The largest absolute Gasteiger partial charge is 0.326 e. The highest BCUT2D eigenvalue weighted by atomic mass is 15.3. The third-order valence-electron chi connectivity index (χ3n) is 3.88. The zero-order chi connectivity index (χ0) is 15.5. The number of benzene rings is 2. The molecular formula is C19H16N4. The Morgan fingerprint density at radius 2 is 1.57 bits per heavy atom. The molecule has 2 aromatic heterocycles. The van der Waals surface area contributed by atoms with E-state index in [0.717, 1.165) is 11.3 Å². The molecule has 1 unspecified atom stereocenters. The Morgan fingerprint density at radius 3 is 2.26 bits per heavy atom. The lowest BCUT2D eigenvalue weighted by Crippen LogP contribution is -2.09. The maximum absolute atomic E-state index is 4.53. The highest BCUT2D eigenvalue weighted by molar-refractivity contribution is 5.35. The van der Waals surface area contributed by atoms with Gasteiger partial charge in [0.1, 0.15) is 0 Å². The van der Waals surface area contributed by atoms with Crippen molar-refractivity contribution >= 4 is 0 Å². The Bertz CT molecular complexity index is 864. The van der Waals surface area contributed by atoms with Crippen molar-refractivity contribution in [2.75, 3.05) is 0 Å². The quantitative estimate of drug-likeness (QED) is 0.576. The van der Waals surface area contributed by atoms with Gasteiger partial charge in [-0.1, -0.05) is 48.5 Å². The molecular weight excluding hydrogens is 284 g/mol. The first-order valence-electron chi connectivity index (χ1n) is 7.54. The third kappa shape index (κ3) is 2.66. The smallest absolute Gasteiger partial charge is 0.0954 e. The van der Waals surface area contributed by atoms with Gasteiger partial charge in [-0.15, -0.1) is 0 Å². The molecule has 112 valence electrons. The molecule has 0 N–H and O–H groups in total. The summed E-state index contributed by atoms with van der Waals surface area (Å²) >= 11 is 0. The van der Waals surface area contributed by atoms with Crippen LogP contribution in [0.3, 0.4) is 0 Å². The average molecular weight is 300 g/mol. The number of hydrogen-bond donors (Lipinski definition) is 0. The Balaban J connectivity index is 1.78. The van der Waals surface area contributed by atoms with Gasteiger partial charge in [0.25, 0.3) is 0 Å². The number of hydrogen-bond acceptors (Lipinski definition) is 2. The summed E-state index contributed by atoms with van der Waals surface area (Å²) in [6.45, 7) is 0. The van der Waals surface area contributed by atoms with E-state index in [1.54, 1.807) is 6.20 Å². The van der Waals surface area contributed by atoms with Crippen LogP contribution in [0.25, 0.3) is 5.69 Å². The Labute approximate surface area is 134 Å². The first kappa shape index (κ1) is 13.5. The SMILES string of the molecule is c1ccc(C(c2cnn(-c3ccccc3)c2)n2ccnc2)cc1. The van der Waals surface area contributed by atoms with Gasteiger partial charge in [-0.3, -0.25) is 0 Å². The molecule has 23 heavy (non-hydrogen) atoms. The molecule has 4 rings (SSSR count). The van der Waals surface area contributed by atoms with E-state index in [1.807, 2.05) is 59.8 Å². The molecule has 0 aliphatic heterocycles. The lowest BCUT2D eigenvalue weighted by molar-refractivity contribution is 0.676. The summed E-state index contributed by atoms with van der Waals surface area (Å²) in [7, 11) is 0. The standard InChI is InChI=1S/C19H16N4/c1-3-7-16(8-4-1)19(22-12-11-20-15-22)17-13-21-23(14-17)18-9-5-2-6-10-18/h1-15,19H. The normalized spacial score (nSPS) is 12.2. The van der Waals surface area contributed by atoms with E-state index in [9.17, 15) is 0 Å². The zero-order valence-electron chi connectivity index (χ0n) is 12.5. The lowest BCUT2D eigenvalue weighted by Gasteiger charge is -2.17. The van der Waals surface area contributed by atoms with Gasteiger partial charge in [-0.2, -0.15) is 5.10 Å². The molecule has 4 nitrogen and oxygen atoms in total. The number of aromatic nitrogens is 4. The molecule has 1 atom stereocenters. The molecule has 4 heteroatoms. The molecule has 0 saturated carbocycles. The third-order valence-corrected chi connectivity index (χ3v) is 3.88. The molecule has 0 amide bonds. The Morgan fingerprint density at radius 1 is 0.826 bits per heavy atom. The van der Waals surface area contributed by atoms with Crippen molar-refractivity contribution in [3.05, 3.63) is 103 Å². The molecule has 0 bridgehead atoms. The second-order valence-corrected chi connectivity index (χ2v) is 5.38. The maximum Gasteiger partial charge on any atom is 0.0954 e. The second-order valence-electron chi connectivity index (χ2n) is 5.38. The Kier molecular flexibility index (Phi) is 3.48. The first-order valence-corrected chi connectivity index (χ1v) is 7.54. The summed E-state index contributed by atoms with van der Waals surface area (Å²) in [5.41, 5.74) is 3.38. The van der Waals surface area contributed by atoms with Gasteiger partial charge in [0.15, 0.2) is 0 Å². The van der Waals surface area contributed by atoms with E-state index in [1.165, 1.54) is 5.56 Å². The molecule has 0 aliphatic rings. The van der Waals surface area contributed by atoms with E-state index in [-0.39, 0.29) is 6.04 Å². The first-order chi connectivity index (χ1) is 11.4. The van der Waals surface area contributed by atoms with Crippen LogP contribution in [0.1, 0.15) is 17.2 Å². The molecule has 0 aliphatic carbocycles. The van der Waals surface area contributed by atoms with E-state index in [4.69, 9.17) is 0 Å². The van der Waals surface area contributed by atoms with Crippen molar-refractivity contribution in [2.24, 2.45) is 0 Å². The second kappa shape index (κ2) is 5.93. The van der Waals surface area contributed by atoms with Gasteiger partial charge in [-0.05, 0) is 17.7 Å². The van der Waals surface area contributed by atoms with Gasteiger partial charge in [-0.25, -0.2) is 9.67 Å². The topological polar surface area (TPSA) is 35.6 Å². The van der Waals surface area contributed by atoms with Gasteiger partial charge in [0.05, 0.1) is 24.3 Å². The number of rotatable bonds is 4. The fourth-order valence-corrected chi connectivity index (χ4v) is 2.79. The highest BCUT2D eigenvalue weighted by Crippen LogP contribution is 2.26. The molecule has 2 heterocycles. The van der Waals surface area contributed by atoms with Crippen LogP contribution in [0.5, 0.6) is 0 Å². The fourth-order valence-electron chi connectivity index (χ4n) is 2.79. The van der Waals surface area contributed by atoms with Crippen LogP contribution in [-0.2, 0) is 0 Å². The summed E-state index contributed by atoms with van der Waals surface area (Å²) < 4.78 is 4.00. The zero-order valence-corrected chi connectivity index (χ0v) is 12.5. The van der Waals surface area contributed by atoms with E-state index in [2.05, 4.69) is 45.1 Å². The molecule has 0 saturated heterocycles. The number of imidazole rings is 1. The van der Waals surface area contributed by atoms with Crippen LogP contribution in [0, 0.1) is 0 Å². The van der Waals surface area contributed by atoms with E-state index in [0.29, 0.717) is 0 Å². The number of para-hydroxylation sites is 1. The highest BCUT2D eigenvalue weighted by Gasteiger charge is 2.17. The predicted molar refractivity (Wildman–Crippen MR) is 89.5 cm³/mol. The molecule has 0 radical (unpaired) electrons. The summed E-state index contributed by atoms with van der Waals surface area (Å²) in [5.74, 6) is 0. The summed E-state index contributed by atoms with van der Waals surface area (Å²) in [5, 5.41) is 4.53. The summed E-state index contributed by atoms with van der Waals surface area (Å²) in [4.78, 5) is 4.19. The van der Waals surface area contributed by atoms with E-state index < -0.39 is 0 Å². The predicted octanol–water partition coefficient (Wildman–Crippen LogP) is 3.71. The fraction of sp³-hybridized carbons (Fsp3) is 0.0526. The van der Waals surface area contributed by atoms with Gasteiger partial charge in [0.2, 0.25) is 0 Å². The Hall–Kier alpha value is -3.14. The van der Waals surface area contributed by atoms with Gasteiger partial charge < -0.3 is 4.57 Å². The van der Waals surface area contributed by atoms with Crippen molar-refractivity contribution in [3.8, 4) is 5.69 Å². The molecule has 0 spiro atoms. The molecule has 4 aromatic rings. The van der Waals surface area contributed by atoms with Crippen molar-refractivity contribution in [2.45, 2.75) is 6.04 Å².